The van der Waals surface area contributed by atoms with Gasteiger partial charge in [0.1, 0.15) is 24.8 Å². The number of hydrogen-bond acceptors (Lipinski definition) is 5. The molecule has 2 aromatic heterocycles. The topological polar surface area (TPSA) is 59.7 Å². The highest BCUT2D eigenvalue weighted by molar-refractivity contribution is 5.89. The summed E-state index contributed by atoms with van der Waals surface area (Å²) >= 11 is 0. The molecule has 1 aromatic carbocycles. The Hall–Kier alpha value is -2.50. The molecule has 112 valence electrons. The number of aromatic nitrogens is 5. The van der Waals surface area contributed by atoms with Crippen molar-refractivity contribution in [3.8, 4) is 0 Å². The third-order valence-electron chi connectivity index (χ3n) is 4.25. The fourth-order valence-electron chi connectivity index (χ4n) is 3.24. The molecule has 0 aliphatic carbocycles. The van der Waals surface area contributed by atoms with Crippen LogP contribution in [0.15, 0.2) is 43.2 Å². The fourth-order valence-corrected chi connectivity index (χ4v) is 3.24. The minimum Gasteiger partial charge on any atom is -0.356 e. The van der Waals surface area contributed by atoms with Crippen LogP contribution >= 0.6 is 0 Å². The number of para-hydroxylation sites is 1. The van der Waals surface area contributed by atoms with Crippen LogP contribution in [0.2, 0.25) is 0 Å². The highest BCUT2D eigenvalue weighted by atomic mass is 15.3. The molecule has 3 aromatic rings. The van der Waals surface area contributed by atoms with Gasteiger partial charge in [0.25, 0.3) is 0 Å². The first-order valence-corrected chi connectivity index (χ1v) is 7.67. The average Bonchev–Trinajstić information content (AvgIpc) is 3.07. The van der Waals surface area contributed by atoms with Crippen molar-refractivity contribution in [1.29, 1.82) is 0 Å². The number of anilines is 1. The summed E-state index contributed by atoms with van der Waals surface area (Å²) in [6, 6.07) is 8.21. The van der Waals surface area contributed by atoms with Gasteiger partial charge in [-0.15, -0.1) is 0 Å². The van der Waals surface area contributed by atoms with E-state index in [1.807, 2.05) is 22.9 Å². The molecule has 0 saturated carbocycles. The van der Waals surface area contributed by atoms with Gasteiger partial charge in [-0.3, -0.25) is 4.68 Å². The minimum atomic E-state index is 0.573. The molecule has 0 N–H and O–H groups in total. The van der Waals surface area contributed by atoms with E-state index >= 15 is 0 Å². The van der Waals surface area contributed by atoms with E-state index in [0.29, 0.717) is 5.92 Å². The number of fused-ring (bicyclic) bond motifs is 1. The second-order valence-corrected chi connectivity index (χ2v) is 5.79. The lowest BCUT2D eigenvalue weighted by molar-refractivity contribution is 0.350. The maximum absolute atomic E-state index is 4.54. The third kappa shape index (κ3) is 2.52. The highest BCUT2D eigenvalue weighted by Crippen LogP contribution is 2.27. The van der Waals surface area contributed by atoms with Crippen LogP contribution in [0.4, 0.5) is 5.82 Å². The summed E-state index contributed by atoms with van der Waals surface area (Å²) in [5.41, 5.74) is 1.01. The van der Waals surface area contributed by atoms with E-state index in [1.54, 1.807) is 19.0 Å². The van der Waals surface area contributed by atoms with Gasteiger partial charge in [-0.2, -0.15) is 5.10 Å². The average molecular weight is 294 g/mol. The summed E-state index contributed by atoms with van der Waals surface area (Å²) in [6.45, 7) is 2.97. The van der Waals surface area contributed by atoms with E-state index in [2.05, 4.69) is 31.0 Å². The second kappa shape index (κ2) is 5.71. The van der Waals surface area contributed by atoms with Crippen molar-refractivity contribution < 1.29 is 0 Å². The van der Waals surface area contributed by atoms with Gasteiger partial charge in [-0.25, -0.2) is 15.0 Å². The van der Waals surface area contributed by atoms with E-state index < -0.39 is 0 Å². The van der Waals surface area contributed by atoms with Gasteiger partial charge in [0.2, 0.25) is 0 Å². The molecular formula is C16H18N6. The van der Waals surface area contributed by atoms with Crippen LogP contribution in [0, 0.1) is 5.92 Å². The van der Waals surface area contributed by atoms with E-state index in [4.69, 9.17) is 0 Å². The first-order valence-electron chi connectivity index (χ1n) is 7.67. The molecule has 1 fully saturated rings. The predicted octanol–water partition coefficient (Wildman–Crippen LogP) is 2.14. The molecule has 6 heteroatoms. The van der Waals surface area contributed by atoms with Crippen molar-refractivity contribution in [3.63, 3.8) is 0 Å². The first kappa shape index (κ1) is 13.2. The zero-order valence-electron chi connectivity index (χ0n) is 12.3. The quantitative estimate of drug-likeness (QED) is 0.740. The van der Waals surface area contributed by atoms with Gasteiger partial charge in [0.15, 0.2) is 0 Å². The maximum Gasteiger partial charge on any atom is 0.139 e. The Morgan fingerprint density at radius 2 is 2.09 bits per heavy atom. The Morgan fingerprint density at radius 1 is 1.14 bits per heavy atom. The predicted molar refractivity (Wildman–Crippen MR) is 84.5 cm³/mol. The Morgan fingerprint density at radius 3 is 3.00 bits per heavy atom. The number of hydrogen-bond donors (Lipinski definition) is 0. The largest absolute Gasteiger partial charge is 0.356 e. The first-order chi connectivity index (χ1) is 10.9. The van der Waals surface area contributed by atoms with Gasteiger partial charge in [-0.1, -0.05) is 12.1 Å². The molecule has 1 aliphatic rings. The summed E-state index contributed by atoms with van der Waals surface area (Å²) in [4.78, 5) is 15.3. The molecule has 6 nitrogen and oxygen atoms in total. The molecule has 1 atom stereocenters. The van der Waals surface area contributed by atoms with Crippen LogP contribution in [0.25, 0.3) is 10.9 Å². The molecule has 4 rings (SSSR count). The molecule has 3 heterocycles. The molecule has 0 spiro atoms. The smallest absolute Gasteiger partial charge is 0.139 e. The normalized spacial score (nSPS) is 18.7. The third-order valence-corrected chi connectivity index (χ3v) is 4.25. The second-order valence-electron chi connectivity index (χ2n) is 5.79. The summed E-state index contributed by atoms with van der Waals surface area (Å²) < 4.78 is 1.92. The Labute approximate surface area is 128 Å². The van der Waals surface area contributed by atoms with Gasteiger partial charge < -0.3 is 4.90 Å². The minimum absolute atomic E-state index is 0.573. The zero-order chi connectivity index (χ0) is 14.8. The van der Waals surface area contributed by atoms with E-state index in [0.717, 1.165) is 36.4 Å². The van der Waals surface area contributed by atoms with Crippen LogP contribution < -0.4 is 4.90 Å². The van der Waals surface area contributed by atoms with Gasteiger partial charge in [-0.05, 0) is 30.9 Å². The lowest BCUT2D eigenvalue weighted by atomic mass is 9.98. The van der Waals surface area contributed by atoms with Crippen LogP contribution in [0.5, 0.6) is 0 Å². The maximum atomic E-state index is 4.54. The fraction of sp³-hybridized carbons (Fsp3) is 0.375. The van der Waals surface area contributed by atoms with Crippen LogP contribution in [-0.4, -0.2) is 37.8 Å². The van der Waals surface area contributed by atoms with Crippen molar-refractivity contribution in [1.82, 2.24) is 24.7 Å². The van der Waals surface area contributed by atoms with Crippen LogP contribution in [0.1, 0.15) is 12.8 Å². The summed E-state index contributed by atoms with van der Waals surface area (Å²) in [5.74, 6) is 1.62. The number of benzene rings is 1. The molecule has 22 heavy (non-hydrogen) atoms. The summed E-state index contributed by atoms with van der Waals surface area (Å²) in [6.07, 6.45) is 7.45. The van der Waals surface area contributed by atoms with Crippen LogP contribution in [-0.2, 0) is 6.54 Å². The van der Waals surface area contributed by atoms with Crippen molar-refractivity contribution >= 4 is 16.7 Å². The van der Waals surface area contributed by atoms with Crippen molar-refractivity contribution in [2.24, 2.45) is 5.92 Å². The molecule has 1 aliphatic heterocycles. The van der Waals surface area contributed by atoms with Gasteiger partial charge in [0.05, 0.1) is 5.52 Å². The summed E-state index contributed by atoms with van der Waals surface area (Å²) in [7, 11) is 0. The molecule has 0 radical (unpaired) electrons. The summed E-state index contributed by atoms with van der Waals surface area (Å²) in [5, 5.41) is 5.35. The SMILES string of the molecule is c1ccc2c(N3CCC[C@H](Cn4cncn4)C3)ncnc2c1. The monoisotopic (exact) mass is 294 g/mol. The zero-order valence-corrected chi connectivity index (χ0v) is 12.3. The Kier molecular flexibility index (Phi) is 3.42. The Bertz CT molecular complexity index is 749. The molecule has 0 bridgehead atoms. The van der Waals surface area contributed by atoms with Crippen LogP contribution in [0.3, 0.4) is 0 Å². The van der Waals surface area contributed by atoms with E-state index in [-0.39, 0.29) is 0 Å². The van der Waals surface area contributed by atoms with E-state index in [1.165, 1.54) is 12.8 Å². The molecule has 0 unspecified atom stereocenters. The van der Waals surface area contributed by atoms with Crippen molar-refractivity contribution in [2.75, 3.05) is 18.0 Å². The Balaban J connectivity index is 1.58. The number of piperidine rings is 1. The molecule has 0 amide bonds. The molecule has 1 saturated heterocycles. The lowest BCUT2D eigenvalue weighted by Gasteiger charge is -2.34. The van der Waals surface area contributed by atoms with Gasteiger partial charge in [0, 0.05) is 25.0 Å². The van der Waals surface area contributed by atoms with Crippen molar-refractivity contribution in [2.45, 2.75) is 19.4 Å². The highest BCUT2D eigenvalue weighted by Gasteiger charge is 2.22. The van der Waals surface area contributed by atoms with Crippen molar-refractivity contribution in [3.05, 3.63) is 43.2 Å². The lowest BCUT2D eigenvalue weighted by Crippen LogP contribution is -2.37. The molecular weight excluding hydrogens is 276 g/mol. The number of rotatable bonds is 3. The standard InChI is InChI=1S/C16H18N6/c1-2-6-15-14(5-1)16(19-11-18-15)21-7-3-4-13(8-21)9-22-12-17-10-20-22/h1-2,5-6,10-13H,3-4,7-9H2/t13-/m0/s1. The number of nitrogens with zero attached hydrogens (tertiary/aromatic N) is 6. The van der Waals surface area contributed by atoms with Gasteiger partial charge >= 0.3 is 0 Å². The van der Waals surface area contributed by atoms with E-state index in [9.17, 15) is 0 Å².